The number of nitrogens with two attached hydrogens (primary N) is 1. The van der Waals surface area contributed by atoms with Crippen molar-refractivity contribution in [3.8, 4) is 0 Å². The number of rotatable bonds is 10. The van der Waals surface area contributed by atoms with Gasteiger partial charge in [0, 0.05) is 33.0 Å². The van der Waals surface area contributed by atoms with E-state index in [4.69, 9.17) is 24.7 Å². The molecule has 0 amide bonds. The summed E-state index contributed by atoms with van der Waals surface area (Å²) in [6.45, 7) is 5.37. The molecule has 5 heteroatoms. The zero-order chi connectivity index (χ0) is 12.5. The number of methoxy groups -OCH3 is 1. The molecule has 1 aliphatic carbocycles. The fraction of sp³-hybridized carbons (Fsp3) is 1.00. The van der Waals surface area contributed by atoms with Gasteiger partial charge in [-0.3, -0.25) is 0 Å². The third-order valence-electron chi connectivity index (χ3n) is 2.85. The van der Waals surface area contributed by atoms with Crippen molar-refractivity contribution in [2.45, 2.75) is 38.0 Å². The Hall–Kier alpha value is -0.200. The number of ether oxygens (including phenoxy) is 4. The van der Waals surface area contributed by atoms with E-state index in [0.29, 0.717) is 33.0 Å². The highest BCUT2D eigenvalue weighted by Gasteiger charge is 2.40. The van der Waals surface area contributed by atoms with Gasteiger partial charge in [-0.1, -0.05) is 0 Å². The predicted octanol–water partition coefficient (Wildman–Crippen LogP) is 0.561. The number of hydrogen-bond acceptors (Lipinski definition) is 5. The van der Waals surface area contributed by atoms with Gasteiger partial charge in [-0.2, -0.15) is 0 Å². The molecule has 0 aliphatic heterocycles. The maximum Gasteiger partial charge on any atom is 0.0988 e. The van der Waals surface area contributed by atoms with Gasteiger partial charge in [0.15, 0.2) is 0 Å². The van der Waals surface area contributed by atoms with E-state index in [1.165, 1.54) is 0 Å². The minimum Gasteiger partial charge on any atom is -0.382 e. The van der Waals surface area contributed by atoms with Crippen molar-refractivity contribution < 1.29 is 18.9 Å². The van der Waals surface area contributed by atoms with Crippen LogP contribution >= 0.6 is 0 Å². The minimum atomic E-state index is 0.0782. The van der Waals surface area contributed by atoms with E-state index in [1.54, 1.807) is 7.11 Å². The largest absolute Gasteiger partial charge is 0.382 e. The molecular formula is C12H25NO4. The molecule has 3 unspecified atom stereocenters. The lowest BCUT2D eigenvalue weighted by Crippen LogP contribution is -2.58. The SMILES string of the molecule is CCOC1C(N)CC1OCCCOCCOC. The van der Waals surface area contributed by atoms with Crippen LogP contribution in [0.2, 0.25) is 0 Å². The summed E-state index contributed by atoms with van der Waals surface area (Å²) in [6.07, 6.45) is 2.04. The van der Waals surface area contributed by atoms with Crippen LogP contribution in [0.5, 0.6) is 0 Å². The number of hydrogen-bond donors (Lipinski definition) is 1. The molecule has 0 aromatic carbocycles. The van der Waals surface area contributed by atoms with Crippen LogP contribution in [0.15, 0.2) is 0 Å². The van der Waals surface area contributed by atoms with Crippen LogP contribution in [0.25, 0.3) is 0 Å². The third kappa shape index (κ3) is 5.31. The van der Waals surface area contributed by atoms with Crippen molar-refractivity contribution in [3.63, 3.8) is 0 Å². The molecular weight excluding hydrogens is 222 g/mol. The molecule has 0 aromatic heterocycles. The highest BCUT2D eigenvalue weighted by Crippen LogP contribution is 2.25. The molecule has 17 heavy (non-hydrogen) atoms. The highest BCUT2D eigenvalue weighted by atomic mass is 16.5. The van der Waals surface area contributed by atoms with Crippen LogP contribution < -0.4 is 5.73 Å². The molecule has 2 N–H and O–H groups in total. The second-order valence-electron chi connectivity index (χ2n) is 4.19. The second-order valence-corrected chi connectivity index (χ2v) is 4.19. The average molecular weight is 247 g/mol. The lowest BCUT2D eigenvalue weighted by molar-refractivity contribution is -0.138. The smallest absolute Gasteiger partial charge is 0.0988 e. The minimum absolute atomic E-state index is 0.0782. The van der Waals surface area contributed by atoms with Gasteiger partial charge in [0.05, 0.1) is 25.4 Å². The normalized spacial score (nSPS) is 28.1. The highest BCUT2D eigenvalue weighted by molar-refractivity contribution is 4.95. The Morgan fingerprint density at radius 2 is 1.94 bits per heavy atom. The van der Waals surface area contributed by atoms with Crippen molar-refractivity contribution in [3.05, 3.63) is 0 Å². The fourth-order valence-corrected chi connectivity index (χ4v) is 1.84. The van der Waals surface area contributed by atoms with Gasteiger partial charge in [-0.25, -0.2) is 0 Å². The lowest BCUT2D eigenvalue weighted by Gasteiger charge is -2.41. The summed E-state index contributed by atoms with van der Waals surface area (Å²) in [7, 11) is 1.67. The summed E-state index contributed by atoms with van der Waals surface area (Å²) >= 11 is 0. The van der Waals surface area contributed by atoms with E-state index < -0.39 is 0 Å². The Kier molecular flexibility index (Phi) is 7.72. The van der Waals surface area contributed by atoms with Gasteiger partial charge >= 0.3 is 0 Å². The first kappa shape index (κ1) is 14.9. The average Bonchev–Trinajstić information content (AvgIpc) is 2.33. The first-order valence-electron chi connectivity index (χ1n) is 6.35. The van der Waals surface area contributed by atoms with Crippen LogP contribution in [-0.4, -0.2) is 58.4 Å². The molecule has 0 radical (unpaired) electrons. The van der Waals surface area contributed by atoms with Gasteiger partial charge in [0.1, 0.15) is 0 Å². The maximum absolute atomic E-state index is 5.84. The van der Waals surface area contributed by atoms with E-state index in [0.717, 1.165) is 12.8 Å². The van der Waals surface area contributed by atoms with Crippen LogP contribution in [-0.2, 0) is 18.9 Å². The Morgan fingerprint density at radius 1 is 1.12 bits per heavy atom. The molecule has 1 saturated carbocycles. The van der Waals surface area contributed by atoms with Gasteiger partial charge in [0.25, 0.3) is 0 Å². The summed E-state index contributed by atoms with van der Waals surface area (Å²) < 4.78 is 21.4. The Balaban J connectivity index is 1.92. The van der Waals surface area contributed by atoms with Crippen molar-refractivity contribution in [1.82, 2.24) is 0 Å². The first-order valence-corrected chi connectivity index (χ1v) is 6.35. The molecule has 0 aromatic rings. The molecule has 1 aliphatic rings. The van der Waals surface area contributed by atoms with E-state index in [2.05, 4.69) is 0 Å². The standard InChI is InChI=1S/C12H25NO4/c1-3-16-12-10(13)9-11(12)17-6-4-5-15-8-7-14-2/h10-12H,3-9,13H2,1-2H3. The van der Waals surface area contributed by atoms with Gasteiger partial charge in [-0.05, 0) is 19.8 Å². The molecule has 3 atom stereocenters. The summed E-state index contributed by atoms with van der Waals surface area (Å²) in [6, 6.07) is 0.137. The molecule has 0 heterocycles. The van der Waals surface area contributed by atoms with Crippen molar-refractivity contribution in [2.24, 2.45) is 5.73 Å². The van der Waals surface area contributed by atoms with Crippen molar-refractivity contribution in [1.29, 1.82) is 0 Å². The fourth-order valence-electron chi connectivity index (χ4n) is 1.84. The maximum atomic E-state index is 5.84. The van der Waals surface area contributed by atoms with Gasteiger partial charge in [0.2, 0.25) is 0 Å². The monoisotopic (exact) mass is 247 g/mol. The van der Waals surface area contributed by atoms with E-state index >= 15 is 0 Å². The summed E-state index contributed by atoms with van der Waals surface area (Å²) in [4.78, 5) is 0. The van der Waals surface area contributed by atoms with Crippen LogP contribution in [0.3, 0.4) is 0 Å². The summed E-state index contributed by atoms with van der Waals surface area (Å²) in [5.74, 6) is 0. The quantitative estimate of drug-likeness (QED) is 0.572. The summed E-state index contributed by atoms with van der Waals surface area (Å²) in [5, 5.41) is 0. The first-order chi connectivity index (χ1) is 8.29. The Bertz CT molecular complexity index is 191. The van der Waals surface area contributed by atoms with Crippen molar-refractivity contribution in [2.75, 3.05) is 40.1 Å². The molecule has 0 bridgehead atoms. The van der Waals surface area contributed by atoms with E-state index in [1.807, 2.05) is 6.92 Å². The van der Waals surface area contributed by atoms with Crippen LogP contribution in [0.1, 0.15) is 19.8 Å². The molecule has 5 nitrogen and oxygen atoms in total. The molecule has 0 spiro atoms. The van der Waals surface area contributed by atoms with Crippen molar-refractivity contribution >= 4 is 0 Å². The molecule has 102 valence electrons. The topological polar surface area (TPSA) is 62.9 Å². The predicted molar refractivity (Wildman–Crippen MR) is 65.1 cm³/mol. The lowest BCUT2D eigenvalue weighted by atomic mass is 9.86. The van der Waals surface area contributed by atoms with Gasteiger partial charge in [-0.15, -0.1) is 0 Å². The van der Waals surface area contributed by atoms with Gasteiger partial charge < -0.3 is 24.7 Å². The molecule has 1 fully saturated rings. The third-order valence-corrected chi connectivity index (χ3v) is 2.85. The Labute approximate surface area is 104 Å². The second kappa shape index (κ2) is 8.83. The molecule has 0 saturated heterocycles. The molecule has 1 rings (SSSR count). The van der Waals surface area contributed by atoms with Crippen LogP contribution in [0, 0.1) is 0 Å². The zero-order valence-corrected chi connectivity index (χ0v) is 10.9. The summed E-state index contributed by atoms with van der Waals surface area (Å²) in [5.41, 5.74) is 5.84. The van der Waals surface area contributed by atoms with E-state index in [9.17, 15) is 0 Å². The zero-order valence-electron chi connectivity index (χ0n) is 10.9. The van der Waals surface area contributed by atoms with E-state index in [-0.39, 0.29) is 18.2 Å². The Morgan fingerprint density at radius 3 is 2.59 bits per heavy atom. The van der Waals surface area contributed by atoms with Crippen LogP contribution in [0.4, 0.5) is 0 Å².